The van der Waals surface area contributed by atoms with Crippen molar-refractivity contribution < 1.29 is 9.90 Å². The number of carbonyl (C=O) groups is 1. The number of amides is 1. The first-order valence-electron chi connectivity index (χ1n) is 6.10. The second kappa shape index (κ2) is 6.74. The van der Waals surface area contributed by atoms with Crippen molar-refractivity contribution in [1.29, 1.82) is 0 Å². The van der Waals surface area contributed by atoms with E-state index in [-0.39, 0.29) is 11.7 Å². The zero-order valence-electron chi connectivity index (χ0n) is 10.7. The first kappa shape index (κ1) is 14.8. The summed E-state index contributed by atoms with van der Waals surface area (Å²) in [5.74, 6) is -0.0102. The highest BCUT2D eigenvalue weighted by atomic mass is 35.5. The number of nitrogens with one attached hydrogen (secondary N) is 1. The van der Waals surface area contributed by atoms with Crippen LogP contribution in [0.2, 0.25) is 4.34 Å². The molecule has 2 aromatic rings. The number of carbonyl (C=O) groups excluding carboxylic acids is 1. The highest BCUT2D eigenvalue weighted by Gasteiger charge is 2.14. The van der Waals surface area contributed by atoms with Crippen molar-refractivity contribution in [1.82, 2.24) is 5.32 Å². The van der Waals surface area contributed by atoms with Crippen LogP contribution in [0.3, 0.4) is 0 Å². The van der Waals surface area contributed by atoms with Crippen molar-refractivity contribution in [2.45, 2.75) is 19.0 Å². The van der Waals surface area contributed by atoms with E-state index in [9.17, 15) is 9.90 Å². The van der Waals surface area contributed by atoms with Crippen molar-refractivity contribution in [3.05, 3.63) is 51.2 Å². The molecular formula is C14H15ClN2O2S. The smallest absolute Gasteiger partial charge is 0.237 e. The van der Waals surface area contributed by atoms with Crippen molar-refractivity contribution in [2.75, 3.05) is 0 Å². The predicted molar refractivity (Wildman–Crippen MR) is 81.0 cm³/mol. The number of hydrogen-bond donors (Lipinski definition) is 3. The first-order chi connectivity index (χ1) is 9.54. The molecular weight excluding hydrogens is 296 g/mol. The lowest BCUT2D eigenvalue weighted by atomic mass is 10.1. The van der Waals surface area contributed by atoms with E-state index in [1.165, 1.54) is 11.3 Å². The Labute approximate surface area is 126 Å². The van der Waals surface area contributed by atoms with Gasteiger partial charge < -0.3 is 16.2 Å². The Morgan fingerprint density at radius 3 is 2.60 bits per heavy atom. The molecule has 0 fully saturated rings. The lowest BCUT2D eigenvalue weighted by Crippen LogP contribution is -2.41. The fourth-order valence-electron chi connectivity index (χ4n) is 1.73. The maximum Gasteiger partial charge on any atom is 0.237 e. The summed E-state index contributed by atoms with van der Waals surface area (Å²) in [7, 11) is 0. The molecule has 1 heterocycles. The minimum absolute atomic E-state index is 0.196. The van der Waals surface area contributed by atoms with Gasteiger partial charge in [-0.25, -0.2) is 0 Å². The summed E-state index contributed by atoms with van der Waals surface area (Å²) in [5, 5.41) is 12.0. The zero-order valence-corrected chi connectivity index (χ0v) is 12.2. The van der Waals surface area contributed by atoms with Crippen LogP contribution in [0.15, 0.2) is 36.4 Å². The van der Waals surface area contributed by atoms with E-state index in [0.29, 0.717) is 17.3 Å². The van der Waals surface area contributed by atoms with Gasteiger partial charge in [-0.1, -0.05) is 23.7 Å². The fraction of sp³-hybridized carbons (Fsp3) is 0.214. The van der Waals surface area contributed by atoms with E-state index in [2.05, 4.69) is 5.32 Å². The van der Waals surface area contributed by atoms with Crippen LogP contribution in [-0.2, 0) is 17.8 Å². The number of benzene rings is 1. The van der Waals surface area contributed by atoms with E-state index >= 15 is 0 Å². The molecule has 1 atom stereocenters. The van der Waals surface area contributed by atoms with E-state index in [0.717, 1.165) is 10.4 Å². The molecule has 0 unspecified atom stereocenters. The Balaban J connectivity index is 1.84. The van der Waals surface area contributed by atoms with Gasteiger partial charge in [0, 0.05) is 4.88 Å². The van der Waals surface area contributed by atoms with Gasteiger partial charge in [0.05, 0.1) is 16.9 Å². The average molecular weight is 311 g/mol. The summed E-state index contributed by atoms with van der Waals surface area (Å²) in [6.45, 7) is 0.430. The predicted octanol–water partition coefficient (Wildman–Crippen LogP) is 2.29. The Kier molecular flexibility index (Phi) is 5.00. The van der Waals surface area contributed by atoms with Crippen LogP contribution in [-0.4, -0.2) is 17.1 Å². The quantitative estimate of drug-likeness (QED) is 0.793. The monoisotopic (exact) mass is 310 g/mol. The lowest BCUT2D eigenvalue weighted by Gasteiger charge is -2.12. The summed E-state index contributed by atoms with van der Waals surface area (Å²) >= 11 is 7.25. The molecule has 0 spiro atoms. The molecule has 0 radical (unpaired) electrons. The molecule has 6 heteroatoms. The standard InChI is InChI=1S/C14H15ClN2O2S/c15-13-6-5-11(20-13)8-17-14(19)12(16)7-9-1-3-10(18)4-2-9/h1-6,12,18H,7-8,16H2,(H,17,19)/t12-/m0/s1. The second-order valence-electron chi connectivity index (χ2n) is 4.40. The molecule has 0 aliphatic heterocycles. The maximum absolute atomic E-state index is 11.9. The van der Waals surface area contributed by atoms with Gasteiger partial charge in [0.25, 0.3) is 0 Å². The van der Waals surface area contributed by atoms with Crippen LogP contribution in [0.1, 0.15) is 10.4 Å². The van der Waals surface area contributed by atoms with Gasteiger partial charge >= 0.3 is 0 Å². The number of halogens is 1. The van der Waals surface area contributed by atoms with E-state index in [1.807, 2.05) is 6.07 Å². The minimum Gasteiger partial charge on any atom is -0.508 e. The number of rotatable bonds is 5. The van der Waals surface area contributed by atoms with Crippen molar-refractivity contribution >= 4 is 28.8 Å². The number of aromatic hydroxyl groups is 1. The molecule has 0 saturated carbocycles. The summed E-state index contributed by atoms with van der Waals surface area (Å²) in [5.41, 5.74) is 6.77. The molecule has 0 saturated heterocycles. The van der Waals surface area contributed by atoms with E-state index < -0.39 is 6.04 Å². The van der Waals surface area contributed by atoms with Crippen LogP contribution < -0.4 is 11.1 Å². The number of hydrogen-bond acceptors (Lipinski definition) is 4. The molecule has 4 N–H and O–H groups in total. The summed E-state index contributed by atoms with van der Waals surface area (Å²) < 4.78 is 0.697. The van der Waals surface area contributed by atoms with Crippen LogP contribution in [0.4, 0.5) is 0 Å². The van der Waals surface area contributed by atoms with Gasteiger partial charge in [0.1, 0.15) is 5.75 Å². The molecule has 2 rings (SSSR count). The van der Waals surface area contributed by atoms with Gasteiger partial charge in [-0.05, 0) is 36.2 Å². The van der Waals surface area contributed by atoms with Crippen molar-refractivity contribution in [2.24, 2.45) is 5.73 Å². The Hall–Kier alpha value is -1.56. The van der Waals surface area contributed by atoms with Gasteiger partial charge in [-0.15, -0.1) is 11.3 Å². The molecule has 0 bridgehead atoms. The SMILES string of the molecule is N[C@@H](Cc1ccc(O)cc1)C(=O)NCc1ccc(Cl)s1. The highest BCUT2D eigenvalue weighted by molar-refractivity contribution is 7.16. The largest absolute Gasteiger partial charge is 0.508 e. The molecule has 20 heavy (non-hydrogen) atoms. The van der Waals surface area contributed by atoms with E-state index in [4.69, 9.17) is 17.3 Å². The Morgan fingerprint density at radius 1 is 1.30 bits per heavy atom. The second-order valence-corrected chi connectivity index (χ2v) is 6.20. The topological polar surface area (TPSA) is 75.3 Å². The molecule has 1 amide bonds. The Bertz CT molecular complexity index is 583. The maximum atomic E-state index is 11.9. The van der Waals surface area contributed by atoms with Crippen LogP contribution in [0, 0.1) is 0 Å². The third kappa shape index (κ3) is 4.23. The fourth-order valence-corrected chi connectivity index (χ4v) is 2.76. The molecule has 1 aromatic heterocycles. The number of thiophene rings is 1. The zero-order chi connectivity index (χ0) is 14.5. The minimum atomic E-state index is -0.616. The van der Waals surface area contributed by atoms with Crippen molar-refractivity contribution in [3.63, 3.8) is 0 Å². The van der Waals surface area contributed by atoms with Gasteiger partial charge in [0.15, 0.2) is 0 Å². The Morgan fingerprint density at radius 2 is 2.00 bits per heavy atom. The lowest BCUT2D eigenvalue weighted by molar-refractivity contribution is -0.122. The van der Waals surface area contributed by atoms with Crippen molar-refractivity contribution in [3.8, 4) is 5.75 Å². The number of nitrogens with two attached hydrogens (primary N) is 1. The van der Waals surface area contributed by atoms with Crippen LogP contribution >= 0.6 is 22.9 Å². The number of phenols is 1. The van der Waals surface area contributed by atoms with Gasteiger partial charge in [-0.2, -0.15) is 0 Å². The molecule has 1 aromatic carbocycles. The third-order valence-corrected chi connectivity index (χ3v) is 4.03. The molecule has 0 aliphatic carbocycles. The van der Waals surface area contributed by atoms with E-state index in [1.54, 1.807) is 30.3 Å². The summed E-state index contributed by atoms with van der Waals surface area (Å²) in [6.07, 6.45) is 0.428. The van der Waals surface area contributed by atoms with Gasteiger partial charge in [-0.3, -0.25) is 4.79 Å². The van der Waals surface area contributed by atoms with Gasteiger partial charge in [0.2, 0.25) is 5.91 Å². The summed E-state index contributed by atoms with van der Waals surface area (Å²) in [6, 6.07) is 9.71. The molecule has 4 nitrogen and oxygen atoms in total. The highest BCUT2D eigenvalue weighted by Crippen LogP contribution is 2.21. The normalized spacial score (nSPS) is 12.1. The van der Waals surface area contributed by atoms with Crippen LogP contribution in [0.5, 0.6) is 5.75 Å². The number of phenolic OH excluding ortho intramolecular Hbond substituents is 1. The third-order valence-electron chi connectivity index (χ3n) is 2.79. The molecule has 0 aliphatic rings. The molecule has 106 valence electrons. The summed E-state index contributed by atoms with van der Waals surface area (Å²) in [4.78, 5) is 12.9. The average Bonchev–Trinajstić information content (AvgIpc) is 2.84. The first-order valence-corrected chi connectivity index (χ1v) is 7.29. The van der Waals surface area contributed by atoms with Crippen LogP contribution in [0.25, 0.3) is 0 Å².